The molecule has 6 rings (SSSR count). The Morgan fingerprint density at radius 1 is 0.939 bits per heavy atom. The number of nitrogens with one attached hydrogen (secondary N) is 1. The molecule has 49 heavy (non-hydrogen) atoms. The molecule has 2 aliphatic heterocycles. The smallest absolute Gasteiger partial charge is 0.417 e. The number of nitrogens with zero attached hydrogens (tertiary/aromatic N) is 5. The summed E-state index contributed by atoms with van der Waals surface area (Å²) in [4.78, 5) is 40.5. The molecule has 0 saturated carbocycles. The number of carbonyl (C=O) groups is 2. The van der Waals surface area contributed by atoms with Crippen molar-refractivity contribution in [2.24, 2.45) is 0 Å². The number of aromatic nitrogens is 3. The van der Waals surface area contributed by atoms with E-state index in [0.717, 1.165) is 18.2 Å². The summed E-state index contributed by atoms with van der Waals surface area (Å²) in [6, 6.07) is 2.15. The molecule has 10 nitrogen and oxygen atoms in total. The molecule has 2 bridgehead atoms. The molecule has 0 radical (unpaired) electrons. The van der Waals surface area contributed by atoms with E-state index in [0.29, 0.717) is 24.2 Å². The first-order valence-electron chi connectivity index (χ1n) is 15.3. The van der Waals surface area contributed by atoms with Crippen LogP contribution in [0.1, 0.15) is 59.9 Å². The van der Waals surface area contributed by atoms with E-state index in [1.807, 2.05) is 0 Å². The monoisotopic (exact) mass is 726 g/mol. The highest BCUT2D eigenvalue weighted by Crippen LogP contribution is 2.48. The van der Waals surface area contributed by atoms with E-state index in [1.165, 1.54) is 0 Å². The van der Waals surface area contributed by atoms with Crippen molar-refractivity contribution in [2.75, 3.05) is 23.3 Å². The molecule has 2 saturated heterocycles. The summed E-state index contributed by atoms with van der Waals surface area (Å²) in [5.41, 5.74) is -4.13. The Balaban J connectivity index is 1.46. The average Bonchev–Trinajstić information content (AvgIpc) is 3.49. The van der Waals surface area contributed by atoms with E-state index in [4.69, 9.17) is 21.1 Å². The van der Waals surface area contributed by atoms with E-state index in [9.17, 15) is 27.2 Å². The zero-order chi connectivity index (χ0) is 35.8. The predicted molar refractivity (Wildman–Crippen MR) is 175 cm³/mol. The number of thiazole rings is 1. The fourth-order valence-electron chi connectivity index (χ4n) is 6.22. The van der Waals surface area contributed by atoms with Gasteiger partial charge < -0.3 is 14.4 Å². The Labute approximate surface area is 286 Å². The van der Waals surface area contributed by atoms with Gasteiger partial charge in [0.05, 0.1) is 38.4 Å². The number of rotatable bonds is 3. The lowest BCUT2D eigenvalue weighted by Crippen LogP contribution is -2.57. The van der Waals surface area contributed by atoms with Crippen molar-refractivity contribution in [2.45, 2.75) is 83.8 Å². The molecule has 2 atom stereocenters. The van der Waals surface area contributed by atoms with Gasteiger partial charge in [-0.15, -0.1) is 0 Å². The van der Waals surface area contributed by atoms with E-state index < -0.39 is 57.6 Å². The minimum absolute atomic E-state index is 0.107. The molecule has 4 heterocycles. The summed E-state index contributed by atoms with van der Waals surface area (Å²) >= 11 is 7.41. The number of piperazine rings is 1. The molecule has 4 aromatic rings. The first-order chi connectivity index (χ1) is 22.7. The van der Waals surface area contributed by atoms with Gasteiger partial charge in [-0.2, -0.15) is 22.5 Å². The molecule has 17 heteroatoms. The second-order valence-corrected chi connectivity index (χ2v) is 15.3. The second kappa shape index (κ2) is 12.1. The maximum atomic E-state index is 15.1. The van der Waals surface area contributed by atoms with Gasteiger partial charge in [0.25, 0.3) is 0 Å². The van der Waals surface area contributed by atoms with Crippen molar-refractivity contribution in [3.05, 3.63) is 40.7 Å². The number of benzene rings is 2. The number of carbonyl (C=O) groups excluding carboxylic acids is 2. The van der Waals surface area contributed by atoms with Gasteiger partial charge >= 0.3 is 24.4 Å². The van der Waals surface area contributed by atoms with E-state index in [1.54, 1.807) is 51.3 Å². The van der Waals surface area contributed by atoms with Gasteiger partial charge in [-0.05, 0) is 72.6 Å². The first kappa shape index (κ1) is 34.8. The van der Waals surface area contributed by atoms with Crippen LogP contribution in [0.2, 0.25) is 5.02 Å². The maximum absolute atomic E-state index is 15.1. The van der Waals surface area contributed by atoms with E-state index in [2.05, 4.69) is 20.3 Å². The number of hydrogen-bond acceptors (Lipinski definition) is 9. The lowest BCUT2D eigenvalue weighted by Gasteiger charge is -2.42. The third-order valence-electron chi connectivity index (χ3n) is 7.95. The van der Waals surface area contributed by atoms with Crippen molar-refractivity contribution in [3.8, 4) is 11.1 Å². The highest BCUT2D eigenvalue weighted by Gasteiger charge is 2.45. The molecule has 0 spiro atoms. The Morgan fingerprint density at radius 2 is 1.57 bits per heavy atom. The van der Waals surface area contributed by atoms with Gasteiger partial charge in [-0.1, -0.05) is 22.9 Å². The standard InChI is InChI=1S/C32H32ClF5N6O4S/c1-30(2,3)47-28(45)42-27-40-23-16(9-10-19(34)24(23)49-27)20-18(32(36,37)38)11-17-22(21(20)33)39-26(35)41-25(17)43-12-14-7-8-15(13-43)44(14)29(46)48-31(4,5)6/h9-11,14-15H,7-8,12-13H2,1-6H3,(H,40,42,45). The van der Waals surface area contributed by atoms with Gasteiger partial charge in [0.15, 0.2) is 5.13 Å². The average molecular weight is 727 g/mol. The molecule has 0 aliphatic carbocycles. The summed E-state index contributed by atoms with van der Waals surface area (Å²) in [7, 11) is 0. The van der Waals surface area contributed by atoms with Crippen LogP contribution < -0.4 is 10.2 Å². The molecule has 262 valence electrons. The van der Waals surface area contributed by atoms with Crippen molar-refractivity contribution in [3.63, 3.8) is 0 Å². The zero-order valence-electron chi connectivity index (χ0n) is 27.3. The number of halogens is 6. The summed E-state index contributed by atoms with van der Waals surface area (Å²) in [5, 5.41) is 1.55. The van der Waals surface area contributed by atoms with Gasteiger partial charge in [0.1, 0.15) is 22.8 Å². The van der Waals surface area contributed by atoms with E-state index >= 15 is 4.39 Å². The van der Waals surface area contributed by atoms with Crippen LogP contribution >= 0.6 is 22.9 Å². The number of hydrogen-bond donors (Lipinski definition) is 1. The van der Waals surface area contributed by atoms with Crippen molar-refractivity contribution < 1.29 is 41.0 Å². The number of fused-ring (bicyclic) bond motifs is 4. The number of alkyl halides is 3. The highest BCUT2D eigenvalue weighted by molar-refractivity contribution is 7.22. The first-order valence-corrected chi connectivity index (χ1v) is 16.5. The largest absolute Gasteiger partial charge is 0.444 e. The molecule has 2 aromatic carbocycles. The minimum atomic E-state index is -5.00. The van der Waals surface area contributed by atoms with E-state index in [-0.39, 0.29) is 62.8 Å². The quantitative estimate of drug-likeness (QED) is 0.165. The van der Waals surface area contributed by atoms with Gasteiger partial charge in [0, 0.05) is 29.6 Å². The van der Waals surface area contributed by atoms with Crippen LogP contribution in [0.4, 0.5) is 42.5 Å². The van der Waals surface area contributed by atoms with Crippen LogP contribution in [0.25, 0.3) is 32.2 Å². The van der Waals surface area contributed by atoms with Gasteiger partial charge in [-0.3, -0.25) is 10.2 Å². The molecule has 2 amide bonds. The Morgan fingerprint density at radius 3 is 2.16 bits per heavy atom. The Bertz CT molecular complexity index is 1980. The Kier molecular flexibility index (Phi) is 8.57. The zero-order valence-corrected chi connectivity index (χ0v) is 28.8. The normalized spacial score (nSPS) is 18.4. The van der Waals surface area contributed by atoms with Crippen molar-refractivity contribution >= 4 is 67.2 Å². The van der Waals surface area contributed by atoms with Gasteiger partial charge in [-0.25, -0.2) is 23.9 Å². The second-order valence-electron chi connectivity index (χ2n) is 13.9. The molecule has 2 aromatic heterocycles. The molecule has 2 unspecified atom stereocenters. The summed E-state index contributed by atoms with van der Waals surface area (Å²) in [6.07, 6.45) is -6.39. The number of amides is 2. The lowest BCUT2D eigenvalue weighted by molar-refractivity contribution is -0.137. The number of anilines is 2. The van der Waals surface area contributed by atoms with Crippen LogP contribution in [-0.2, 0) is 15.7 Å². The van der Waals surface area contributed by atoms with Crippen LogP contribution in [0.5, 0.6) is 0 Å². The van der Waals surface area contributed by atoms with Crippen molar-refractivity contribution in [1.29, 1.82) is 0 Å². The third-order valence-corrected chi connectivity index (χ3v) is 9.29. The SMILES string of the molecule is CC(C)(C)OC(=O)Nc1nc2c(-c3c(C(F)(F)F)cc4c(N5CC6CCC(C5)N6C(=O)OC(C)(C)C)nc(F)nc4c3Cl)ccc(F)c2s1. The van der Waals surface area contributed by atoms with Crippen molar-refractivity contribution in [1.82, 2.24) is 19.9 Å². The summed E-state index contributed by atoms with van der Waals surface area (Å²) in [6.45, 7) is 10.5. The summed E-state index contributed by atoms with van der Waals surface area (Å²) in [5.74, 6) is -0.904. The minimum Gasteiger partial charge on any atom is -0.444 e. The molecular formula is C32H32ClF5N6O4S. The molecule has 2 aliphatic rings. The maximum Gasteiger partial charge on any atom is 0.417 e. The predicted octanol–water partition coefficient (Wildman–Crippen LogP) is 8.79. The number of ether oxygens (including phenoxy) is 2. The topological polar surface area (TPSA) is 110 Å². The highest BCUT2D eigenvalue weighted by atomic mass is 35.5. The van der Waals surface area contributed by atoms with Crippen LogP contribution in [0.15, 0.2) is 18.2 Å². The van der Waals surface area contributed by atoms with Crippen LogP contribution in [-0.4, -0.2) is 68.4 Å². The Hall–Kier alpha value is -4.05. The molecule has 2 fully saturated rings. The molecular weight excluding hydrogens is 695 g/mol. The fraction of sp³-hybridized carbons (Fsp3) is 0.469. The van der Waals surface area contributed by atoms with Gasteiger partial charge in [0.2, 0.25) is 0 Å². The summed E-state index contributed by atoms with van der Waals surface area (Å²) < 4.78 is 85.5. The van der Waals surface area contributed by atoms with Crippen LogP contribution in [0.3, 0.4) is 0 Å². The van der Waals surface area contributed by atoms with Crippen LogP contribution in [0, 0.1) is 11.9 Å². The molecule has 1 N–H and O–H groups in total. The third kappa shape index (κ3) is 6.89. The fourth-order valence-corrected chi connectivity index (χ4v) is 7.45. The lowest BCUT2D eigenvalue weighted by atomic mass is 9.95.